The molecular formula is C6H9NO4. The van der Waals surface area contributed by atoms with Crippen molar-refractivity contribution in [1.82, 2.24) is 5.32 Å². The van der Waals surface area contributed by atoms with Crippen molar-refractivity contribution in [3.63, 3.8) is 0 Å². The van der Waals surface area contributed by atoms with Crippen molar-refractivity contribution >= 4 is 12.1 Å². The van der Waals surface area contributed by atoms with Crippen LogP contribution in [0.1, 0.15) is 6.92 Å². The molecule has 0 aromatic carbocycles. The Balaban J connectivity index is 2.59. The fourth-order valence-electron chi connectivity index (χ4n) is 0.815. The molecule has 0 saturated carbocycles. The van der Waals surface area contributed by atoms with E-state index in [1.54, 1.807) is 6.92 Å². The summed E-state index contributed by atoms with van der Waals surface area (Å²) in [5, 5.41) is 2.32. The van der Waals surface area contributed by atoms with E-state index in [0.717, 1.165) is 0 Å². The zero-order chi connectivity index (χ0) is 8.43. The van der Waals surface area contributed by atoms with Crippen molar-refractivity contribution in [2.75, 3.05) is 7.11 Å². The summed E-state index contributed by atoms with van der Waals surface area (Å²) in [6.45, 7) is 1.68. The molecule has 1 fully saturated rings. The summed E-state index contributed by atoms with van der Waals surface area (Å²) in [6, 6.07) is -0.660. The molecule has 62 valence electrons. The van der Waals surface area contributed by atoms with Crippen LogP contribution >= 0.6 is 0 Å². The van der Waals surface area contributed by atoms with E-state index in [2.05, 4.69) is 10.1 Å². The topological polar surface area (TPSA) is 64.6 Å². The normalized spacial score (nSPS) is 26.2. The van der Waals surface area contributed by atoms with Crippen molar-refractivity contribution in [3.8, 4) is 0 Å². The van der Waals surface area contributed by atoms with Gasteiger partial charge in [-0.05, 0) is 6.92 Å². The maximum absolute atomic E-state index is 10.8. The van der Waals surface area contributed by atoms with Crippen LogP contribution in [0.15, 0.2) is 0 Å². The Labute approximate surface area is 63.7 Å². The van der Waals surface area contributed by atoms with E-state index in [9.17, 15) is 9.59 Å². The zero-order valence-corrected chi connectivity index (χ0v) is 6.29. The van der Waals surface area contributed by atoms with Crippen molar-refractivity contribution in [3.05, 3.63) is 0 Å². The summed E-state index contributed by atoms with van der Waals surface area (Å²) in [4.78, 5) is 21.3. The molecule has 1 N–H and O–H groups in total. The van der Waals surface area contributed by atoms with Gasteiger partial charge in [-0.25, -0.2) is 9.59 Å². The summed E-state index contributed by atoms with van der Waals surface area (Å²) in [5.74, 6) is -0.579. The number of hydrogen-bond donors (Lipinski definition) is 1. The van der Waals surface area contributed by atoms with Gasteiger partial charge in [0.15, 0.2) is 6.04 Å². The fraction of sp³-hybridized carbons (Fsp3) is 0.667. The van der Waals surface area contributed by atoms with Crippen molar-refractivity contribution in [2.24, 2.45) is 0 Å². The quantitative estimate of drug-likeness (QED) is 0.442. The van der Waals surface area contributed by atoms with Gasteiger partial charge in [-0.3, -0.25) is 0 Å². The molecule has 1 heterocycles. The number of ether oxygens (including phenoxy) is 2. The highest BCUT2D eigenvalue weighted by atomic mass is 16.6. The maximum Gasteiger partial charge on any atom is 0.415 e. The lowest BCUT2D eigenvalue weighted by molar-refractivity contribution is -0.137. The van der Waals surface area contributed by atoms with E-state index < -0.39 is 18.1 Å². The van der Waals surface area contributed by atoms with Gasteiger partial charge in [0.25, 0.3) is 0 Å². The first-order valence-corrected chi connectivity index (χ1v) is 3.20. The van der Waals surface area contributed by atoms with E-state index in [1.807, 2.05) is 0 Å². The molecule has 0 aromatic rings. The first-order valence-electron chi connectivity index (χ1n) is 3.20. The van der Waals surface area contributed by atoms with Crippen LogP contribution in [0.2, 0.25) is 0 Å². The first kappa shape index (κ1) is 8.00. The molecule has 5 heteroatoms. The molecule has 1 aliphatic rings. The number of amides is 1. The third-order valence-electron chi connectivity index (χ3n) is 1.56. The summed E-state index contributed by atoms with van der Waals surface area (Å²) in [6.07, 6.45) is -1.06. The number of rotatable bonds is 2. The molecule has 11 heavy (non-hydrogen) atoms. The molecule has 0 radical (unpaired) electrons. The van der Waals surface area contributed by atoms with E-state index in [1.165, 1.54) is 7.11 Å². The second-order valence-corrected chi connectivity index (χ2v) is 2.27. The molecule has 1 unspecified atom stereocenters. The van der Waals surface area contributed by atoms with Crippen molar-refractivity contribution in [2.45, 2.75) is 19.1 Å². The smallest absolute Gasteiger partial charge is 0.379 e. The number of nitrogens with one attached hydrogen (secondary N) is 1. The average molecular weight is 159 g/mol. The van der Waals surface area contributed by atoms with Gasteiger partial charge in [0.05, 0.1) is 6.10 Å². The van der Waals surface area contributed by atoms with Crippen LogP contribution in [0.3, 0.4) is 0 Å². The van der Waals surface area contributed by atoms with Gasteiger partial charge in [0, 0.05) is 7.11 Å². The Bertz CT molecular complexity index is 191. The zero-order valence-electron chi connectivity index (χ0n) is 6.29. The predicted molar refractivity (Wildman–Crippen MR) is 34.9 cm³/mol. The number of alkyl carbamates (subject to hydrolysis) is 1. The lowest BCUT2D eigenvalue weighted by Gasteiger charge is -2.12. The highest BCUT2D eigenvalue weighted by Crippen LogP contribution is 2.06. The fourth-order valence-corrected chi connectivity index (χ4v) is 0.815. The van der Waals surface area contributed by atoms with Crippen LogP contribution < -0.4 is 5.32 Å². The van der Waals surface area contributed by atoms with Crippen LogP contribution in [0.5, 0.6) is 0 Å². The molecule has 1 saturated heterocycles. The Morgan fingerprint density at radius 2 is 2.27 bits per heavy atom. The second-order valence-electron chi connectivity index (χ2n) is 2.27. The van der Waals surface area contributed by atoms with Crippen LogP contribution in [0.25, 0.3) is 0 Å². The highest BCUT2D eigenvalue weighted by molar-refractivity contribution is 5.95. The number of carbonyl (C=O) groups excluding carboxylic acids is 2. The van der Waals surface area contributed by atoms with E-state index in [0.29, 0.717) is 0 Å². The lowest BCUT2D eigenvalue weighted by atomic mass is 10.2. The minimum atomic E-state index is -0.705. The van der Waals surface area contributed by atoms with Gasteiger partial charge in [-0.15, -0.1) is 0 Å². The Morgan fingerprint density at radius 3 is 2.64 bits per heavy atom. The Hall–Kier alpha value is -1.10. The SMILES string of the molecule is COC(C)[C@H]1NC(=O)OC1=O. The predicted octanol–water partition coefficient (Wildman–Crippen LogP) is -0.344. The van der Waals surface area contributed by atoms with Crippen LogP contribution in [0, 0.1) is 0 Å². The van der Waals surface area contributed by atoms with Gasteiger partial charge < -0.3 is 14.8 Å². The van der Waals surface area contributed by atoms with E-state index in [-0.39, 0.29) is 6.10 Å². The summed E-state index contributed by atoms with van der Waals surface area (Å²) in [7, 11) is 1.46. The summed E-state index contributed by atoms with van der Waals surface area (Å²) in [5.41, 5.74) is 0. The van der Waals surface area contributed by atoms with Crippen molar-refractivity contribution < 1.29 is 19.1 Å². The molecule has 0 bridgehead atoms. The number of esters is 1. The Kier molecular flexibility index (Phi) is 2.09. The van der Waals surface area contributed by atoms with Gasteiger partial charge in [-0.2, -0.15) is 0 Å². The van der Waals surface area contributed by atoms with Crippen LogP contribution in [-0.4, -0.2) is 31.3 Å². The van der Waals surface area contributed by atoms with E-state index >= 15 is 0 Å². The molecule has 2 atom stereocenters. The minimum absolute atomic E-state index is 0.353. The van der Waals surface area contributed by atoms with Crippen LogP contribution in [-0.2, 0) is 14.3 Å². The molecular weight excluding hydrogens is 150 g/mol. The summed E-state index contributed by atoms with van der Waals surface area (Å²) < 4.78 is 9.07. The van der Waals surface area contributed by atoms with Crippen LogP contribution in [0.4, 0.5) is 4.79 Å². The van der Waals surface area contributed by atoms with Crippen molar-refractivity contribution in [1.29, 1.82) is 0 Å². The first-order chi connectivity index (χ1) is 5.15. The molecule has 5 nitrogen and oxygen atoms in total. The van der Waals surface area contributed by atoms with Gasteiger partial charge in [0.1, 0.15) is 0 Å². The standard InChI is InChI=1S/C6H9NO4/c1-3(10-2)4-5(8)11-6(9)7-4/h3-4H,1-2H3,(H,7,9)/t3?,4-/m1/s1. The Morgan fingerprint density at radius 1 is 1.64 bits per heavy atom. The molecule has 0 aromatic heterocycles. The summed E-state index contributed by atoms with van der Waals surface area (Å²) >= 11 is 0. The highest BCUT2D eigenvalue weighted by Gasteiger charge is 2.36. The molecule has 1 rings (SSSR count). The number of methoxy groups -OCH3 is 1. The number of carbonyl (C=O) groups is 2. The molecule has 0 spiro atoms. The third kappa shape index (κ3) is 1.48. The average Bonchev–Trinajstić information content (AvgIpc) is 2.28. The van der Waals surface area contributed by atoms with Gasteiger partial charge in [-0.1, -0.05) is 0 Å². The van der Waals surface area contributed by atoms with E-state index in [4.69, 9.17) is 4.74 Å². The third-order valence-corrected chi connectivity index (χ3v) is 1.56. The second kappa shape index (κ2) is 2.87. The molecule has 0 aliphatic carbocycles. The largest absolute Gasteiger partial charge is 0.415 e. The number of cyclic esters (lactones) is 2. The molecule has 1 aliphatic heterocycles. The van der Waals surface area contributed by atoms with Gasteiger partial charge >= 0.3 is 12.1 Å². The van der Waals surface area contributed by atoms with Gasteiger partial charge in [0.2, 0.25) is 0 Å². The lowest BCUT2D eigenvalue weighted by Crippen LogP contribution is -2.39. The molecule has 1 amide bonds. The minimum Gasteiger partial charge on any atom is -0.379 e. The maximum atomic E-state index is 10.8. The number of hydrogen-bond acceptors (Lipinski definition) is 4. The monoisotopic (exact) mass is 159 g/mol.